The van der Waals surface area contributed by atoms with Crippen LogP contribution in [0.25, 0.3) is 0 Å². The van der Waals surface area contributed by atoms with Crippen LogP contribution in [0.3, 0.4) is 0 Å². The molecule has 0 spiro atoms. The summed E-state index contributed by atoms with van der Waals surface area (Å²) in [5.74, 6) is 0. The van der Waals surface area contributed by atoms with E-state index in [1.807, 2.05) is 0 Å². The van der Waals surface area contributed by atoms with E-state index in [1.165, 1.54) is 0 Å². The van der Waals surface area contributed by atoms with E-state index in [4.69, 9.17) is 9.97 Å². The zero-order chi connectivity index (χ0) is 13.4. The summed E-state index contributed by atoms with van der Waals surface area (Å²) in [6.07, 6.45) is 1.08. The van der Waals surface area contributed by atoms with Crippen LogP contribution in [0.15, 0.2) is 0 Å². The van der Waals surface area contributed by atoms with Crippen LogP contribution in [0, 0.1) is 13.8 Å². The van der Waals surface area contributed by atoms with Gasteiger partial charge in [-0.25, -0.2) is 0 Å². The van der Waals surface area contributed by atoms with E-state index in [-0.39, 0.29) is 10.8 Å². The summed E-state index contributed by atoms with van der Waals surface area (Å²) >= 11 is 0. The molecule has 0 saturated carbocycles. The van der Waals surface area contributed by atoms with Crippen LogP contribution in [-0.2, 0) is 10.8 Å². The molecule has 0 aliphatic carbocycles. The first-order valence-corrected chi connectivity index (χ1v) is 6.46. The van der Waals surface area contributed by atoms with E-state index in [0.717, 1.165) is 29.2 Å². The molecule has 0 aromatic carbocycles. The third-order valence-electron chi connectivity index (χ3n) is 3.48. The second-order valence-electron chi connectivity index (χ2n) is 6.58. The predicted molar refractivity (Wildman–Crippen MR) is 73.5 cm³/mol. The summed E-state index contributed by atoms with van der Waals surface area (Å²) in [4.78, 5) is 9.61. The van der Waals surface area contributed by atoms with E-state index in [2.05, 4.69) is 55.4 Å². The van der Waals surface area contributed by atoms with Gasteiger partial charge in [-0.05, 0) is 20.3 Å². The molecule has 2 nitrogen and oxygen atoms in total. The third kappa shape index (κ3) is 2.85. The minimum atomic E-state index is 0.0662. The Balaban J connectivity index is 3.38. The molecule has 0 atom stereocenters. The zero-order valence-corrected chi connectivity index (χ0v) is 12.6. The predicted octanol–water partition coefficient (Wildman–Crippen LogP) is 4.08. The fourth-order valence-electron chi connectivity index (χ4n) is 2.12. The molecule has 1 aromatic rings. The van der Waals surface area contributed by atoms with Gasteiger partial charge in [-0.3, -0.25) is 9.97 Å². The first-order chi connectivity index (χ1) is 7.59. The van der Waals surface area contributed by atoms with E-state index < -0.39 is 0 Å². The lowest BCUT2D eigenvalue weighted by molar-refractivity contribution is 0.475. The molecule has 0 fully saturated rings. The molecule has 0 aliphatic heterocycles. The van der Waals surface area contributed by atoms with Crippen molar-refractivity contribution < 1.29 is 0 Å². The van der Waals surface area contributed by atoms with Crippen LogP contribution in [0.5, 0.6) is 0 Å². The molecule has 0 aliphatic rings. The second kappa shape index (κ2) is 4.40. The average molecular weight is 234 g/mol. The van der Waals surface area contributed by atoms with Crippen molar-refractivity contribution in [1.82, 2.24) is 9.97 Å². The smallest absolute Gasteiger partial charge is 0.0675 e. The van der Waals surface area contributed by atoms with Crippen LogP contribution < -0.4 is 0 Å². The number of nitrogens with zero attached hydrogens (tertiary/aromatic N) is 2. The number of aryl methyl sites for hydroxylation is 2. The molecule has 0 amide bonds. The lowest BCUT2D eigenvalue weighted by Gasteiger charge is -2.27. The van der Waals surface area contributed by atoms with Crippen molar-refractivity contribution in [2.24, 2.45) is 0 Å². The third-order valence-corrected chi connectivity index (χ3v) is 3.48. The largest absolute Gasteiger partial charge is 0.254 e. The Morgan fingerprint density at radius 3 is 1.65 bits per heavy atom. The fourth-order valence-corrected chi connectivity index (χ4v) is 2.12. The molecule has 2 heteroatoms. The Hall–Kier alpha value is -0.920. The van der Waals surface area contributed by atoms with Crippen molar-refractivity contribution >= 4 is 0 Å². The first-order valence-electron chi connectivity index (χ1n) is 6.46. The van der Waals surface area contributed by atoms with Gasteiger partial charge in [0.1, 0.15) is 0 Å². The van der Waals surface area contributed by atoms with Crippen LogP contribution in [0.4, 0.5) is 0 Å². The van der Waals surface area contributed by atoms with Gasteiger partial charge in [-0.1, -0.05) is 41.5 Å². The second-order valence-corrected chi connectivity index (χ2v) is 6.58. The van der Waals surface area contributed by atoms with Gasteiger partial charge in [-0.2, -0.15) is 0 Å². The molecule has 0 radical (unpaired) electrons. The molecule has 1 aromatic heterocycles. The normalized spacial score (nSPS) is 12.9. The number of rotatable bonds is 2. The minimum absolute atomic E-state index is 0.0662. The van der Waals surface area contributed by atoms with E-state index in [9.17, 15) is 0 Å². The van der Waals surface area contributed by atoms with Crippen molar-refractivity contribution in [2.75, 3.05) is 0 Å². The van der Waals surface area contributed by atoms with E-state index in [1.54, 1.807) is 0 Å². The Morgan fingerprint density at radius 2 is 1.24 bits per heavy atom. The first kappa shape index (κ1) is 14.1. The van der Waals surface area contributed by atoms with Crippen LogP contribution in [-0.4, -0.2) is 9.97 Å². The molecule has 0 saturated heterocycles. The van der Waals surface area contributed by atoms with Gasteiger partial charge in [0.2, 0.25) is 0 Å². The van der Waals surface area contributed by atoms with Gasteiger partial charge in [0.05, 0.1) is 22.8 Å². The highest BCUT2D eigenvalue weighted by Gasteiger charge is 2.26. The molecule has 1 heterocycles. The van der Waals surface area contributed by atoms with Gasteiger partial charge in [0.25, 0.3) is 0 Å². The molecule has 0 unspecified atom stereocenters. The molecule has 0 N–H and O–H groups in total. The summed E-state index contributed by atoms with van der Waals surface area (Å²) in [6, 6.07) is 0. The van der Waals surface area contributed by atoms with Crippen molar-refractivity contribution in [3.63, 3.8) is 0 Å². The molecule has 17 heavy (non-hydrogen) atoms. The lowest BCUT2D eigenvalue weighted by atomic mass is 9.84. The Kier molecular flexibility index (Phi) is 3.66. The monoisotopic (exact) mass is 234 g/mol. The van der Waals surface area contributed by atoms with Gasteiger partial charge < -0.3 is 0 Å². The Morgan fingerprint density at radius 1 is 0.824 bits per heavy atom. The summed E-state index contributed by atoms with van der Waals surface area (Å²) in [7, 11) is 0. The topological polar surface area (TPSA) is 25.8 Å². The van der Waals surface area contributed by atoms with Gasteiger partial charge in [0, 0.05) is 10.8 Å². The standard InChI is InChI=1S/C15H26N2/c1-9-15(7,8)13-11(3)16-12(10(2)17-13)14(4,5)6/h9H2,1-8H3. The molecular formula is C15H26N2. The summed E-state index contributed by atoms with van der Waals surface area (Å²) < 4.78 is 0. The fraction of sp³-hybridized carbons (Fsp3) is 0.733. The average Bonchev–Trinajstić information content (AvgIpc) is 2.19. The maximum absolute atomic E-state index is 4.82. The van der Waals surface area contributed by atoms with Gasteiger partial charge in [-0.15, -0.1) is 0 Å². The highest BCUT2D eigenvalue weighted by Crippen LogP contribution is 2.30. The number of hydrogen-bond acceptors (Lipinski definition) is 2. The van der Waals surface area contributed by atoms with Crippen LogP contribution >= 0.6 is 0 Å². The molecule has 96 valence electrons. The quantitative estimate of drug-likeness (QED) is 0.770. The number of aromatic nitrogens is 2. The van der Waals surface area contributed by atoms with Crippen molar-refractivity contribution in [1.29, 1.82) is 0 Å². The van der Waals surface area contributed by atoms with Crippen LogP contribution in [0.1, 0.15) is 70.7 Å². The van der Waals surface area contributed by atoms with Crippen LogP contribution in [0.2, 0.25) is 0 Å². The Bertz CT molecular complexity index is 412. The van der Waals surface area contributed by atoms with Gasteiger partial charge >= 0.3 is 0 Å². The van der Waals surface area contributed by atoms with Crippen molar-refractivity contribution in [3.05, 3.63) is 22.8 Å². The molecule has 0 bridgehead atoms. The zero-order valence-electron chi connectivity index (χ0n) is 12.6. The summed E-state index contributed by atoms with van der Waals surface area (Å²) in [5, 5.41) is 0. The molecular weight excluding hydrogens is 208 g/mol. The number of hydrogen-bond donors (Lipinski definition) is 0. The minimum Gasteiger partial charge on any atom is -0.254 e. The maximum atomic E-state index is 4.82. The lowest BCUT2D eigenvalue weighted by Crippen LogP contribution is -2.24. The highest BCUT2D eigenvalue weighted by molar-refractivity contribution is 5.27. The maximum Gasteiger partial charge on any atom is 0.0675 e. The van der Waals surface area contributed by atoms with Gasteiger partial charge in [0.15, 0.2) is 0 Å². The summed E-state index contributed by atoms with van der Waals surface area (Å²) in [6.45, 7) is 17.4. The van der Waals surface area contributed by atoms with E-state index >= 15 is 0 Å². The van der Waals surface area contributed by atoms with Crippen molar-refractivity contribution in [2.45, 2.75) is 72.6 Å². The molecule has 1 rings (SSSR count). The Labute approximate surface area is 106 Å². The van der Waals surface area contributed by atoms with Crippen molar-refractivity contribution in [3.8, 4) is 0 Å². The highest BCUT2D eigenvalue weighted by atomic mass is 14.9. The van der Waals surface area contributed by atoms with E-state index in [0.29, 0.717) is 0 Å². The SMILES string of the molecule is CCC(C)(C)c1nc(C)c(C(C)(C)C)nc1C. The summed E-state index contributed by atoms with van der Waals surface area (Å²) in [5.41, 5.74) is 4.58.